The van der Waals surface area contributed by atoms with Gasteiger partial charge in [-0.3, -0.25) is 9.48 Å². The lowest BCUT2D eigenvalue weighted by atomic mass is 10.2. The van der Waals surface area contributed by atoms with Gasteiger partial charge in [-0.2, -0.15) is 5.10 Å². The summed E-state index contributed by atoms with van der Waals surface area (Å²) in [5.74, 6) is 1.24. The minimum absolute atomic E-state index is 0.149. The number of ketones is 1. The molecule has 2 heterocycles. The van der Waals surface area contributed by atoms with Crippen molar-refractivity contribution < 1.29 is 18.3 Å². The van der Waals surface area contributed by atoms with Gasteiger partial charge in [0.1, 0.15) is 29.7 Å². The van der Waals surface area contributed by atoms with E-state index in [4.69, 9.17) is 9.15 Å². The van der Waals surface area contributed by atoms with Crippen LogP contribution in [0.4, 0.5) is 4.39 Å². The molecule has 0 fully saturated rings. The van der Waals surface area contributed by atoms with Crippen molar-refractivity contribution in [3.8, 4) is 5.75 Å². The number of allylic oxidation sites excluding steroid dienone is 1. The molecule has 0 unspecified atom stereocenters. The maximum atomic E-state index is 12.8. The molecule has 0 spiro atoms. The summed E-state index contributed by atoms with van der Waals surface area (Å²) >= 11 is 0. The van der Waals surface area contributed by atoms with Crippen LogP contribution in [0.5, 0.6) is 5.75 Å². The molecule has 1 aromatic carbocycles. The molecule has 0 bridgehead atoms. The molecule has 2 aromatic heterocycles. The van der Waals surface area contributed by atoms with Crippen molar-refractivity contribution in [1.29, 1.82) is 0 Å². The second-order valence-corrected chi connectivity index (χ2v) is 5.15. The topological polar surface area (TPSA) is 57.3 Å². The third-order valence-corrected chi connectivity index (χ3v) is 3.27. The van der Waals surface area contributed by atoms with Gasteiger partial charge in [0.15, 0.2) is 5.78 Å². The van der Waals surface area contributed by atoms with Gasteiger partial charge < -0.3 is 9.15 Å². The monoisotopic (exact) mass is 326 g/mol. The quantitative estimate of drug-likeness (QED) is 0.513. The number of nitrogens with zero attached hydrogens (tertiary/aromatic N) is 2. The van der Waals surface area contributed by atoms with Crippen LogP contribution in [0.25, 0.3) is 6.08 Å². The Hall–Kier alpha value is -3.15. The number of benzene rings is 1. The number of rotatable bonds is 6. The van der Waals surface area contributed by atoms with Crippen molar-refractivity contribution in [3.05, 3.63) is 77.8 Å². The van der Waals surface area contributed by atoms with E-state index in [0.717, 1.165) is 0 Å². The molecule has 0 N–H and O–H groups in total. The first kappa shape index (κ1) is 15.7. The summed E-state index contributed by atoms with van der Waals surface area (Å²) in [6.07, 6.45) is 6.19. The largest absolute Gasteiger partial charge is 0.486 e. The van der Waals surface area contributed by atoms with Gasteiger partial charge in [-0.05, 0) is 48.6 Å². The van der Waals surface area contributed by atoms with Gasteiger partial charge in [-0.25, -0.2) is 4.39 Å². The first-order valence-electron chi connectivity index (χ1n) is 7.28. The van der Waals surface area contributed by atoms with E-state index in [1.165, 1.54) is 24.4 Å². The Kier molecular flexibility index (Phi) is 4.56. The van der Waals surface area contributed by atoms with Crippen LogP contribution in [0.15, 0.2) is 59.3 Å². The van der Waals surface area contributed by atoms with Gasteiger partial charge in [0.2, 0.25) is 0 Å². The molecular weight excluding hydrogens is 311 g/mol. The van der Waals surface area contributed by atoms with Crippen molar-refractivity contribution in [2.45, 2.75) is 6.61 Å². The molecule has 3 rings (SSSR count). The molecule has 3 aromatic rings. The Morgan fingerprint density at radius 1 is 1.29 bits per heavy atom. The highest BCUT2D eigenvalue weighted by atomic mass is 19.1. The Bertz CT molecular complexity index is 863. The van der Waals surface area contributed by atoms with E-state index in [2.05, 4.69) is 5.10 Å². The summed E-state index contributed by atoms with van der Waals surface area (Å²) in [5, 5.41) is 3.95. The van der Waals surface area contributed by atoms with Crippen LogP contribution in [0.2, 0.25) is 0 Å². The van der Waals surface area contributed by atoms with Gasteiger partial charge in [-0.15, -0.1) is 0 Å². The second kappa shape index (κ2) is 6.95. The van der Waals surface area contributed by atoms with Gasteiger partial charge in [0.25, 0.3) is 0 Å². The van der Waals surface area contributed by atoms with E-state index < -0.39 is 0 Å². The Balaban J connectivity index is 1.58. The van der Waals surface area contributed by atoms with Crippen molar-refractivity contribution >= 4 is 11.9 Å². The fourth-order valence-electron chi connectivity index (χ4n) is 2.05. The first-order chi connectivity index (χ1) is 11.6. The van der Waals surface area contributed by atoms with Crippen molar-refractivity contribution in [3.63, 3.8) is 0 Å². The average molecular weight is 326 g/mol. The minimum atomic E-state index is -0.314. The highest BCUT2D eigenvalue weighted by molar-refractivity contribution is 6.06. The number of hydrogen-bond donors (Lipinski definition) is 0. The summed E-state index contributed by atoms with van der Waals surface area (Å²) in [4.78, 5) is 11.9. The van der Waals surface area contributed by atoms with Crippen LogP contribution in [-0.4, -0.2) is 15.6 Å². The number of carbonyl (C=O) groups excluding carboxylic acids is 1. The number of carbonyl (C=O) groups is 1. The molecule has 24 heavy (non-hydrogen) atoms. The lowest BCUT2D eigenvalue weighted by Gasteiger charge is -2.03. The van der Waals surface area contributed by atoms with E-state index in [-0.39, 0.29) is 18.2 Å². The fourth-order valence-corrected chi connectivity index (χ4v) is 2.05. The van der Waals surface area contributed by atoms with Crippen LogP contribution in [0, 0.1) is 5.82 Å². The Morgan fingerprint density at radius 3 is 2.79 bits per heavy atom. The van der Waals surface area contributed by atoms with Gasteiger partial charge in [-0.1, -0.05) is 0 Å². The van der Waals surface area contributed by atoms with E-state index in [1.807, 2.05) is 0 Å². The molecule has 0 aliphatic carbocycles. The SMILES string of the molecule is Cn1cc(C(=O)/C=C/c2ccc(COc3ccc(F)cc3)o2)cn1. The van der Waals surface area contributed by atoms with Crippen LogP contribution in [0.1, 0.15) is 21.9 Å². The van der Waals surface area contributed by atoms with Crippen LogP contribution in [0.3, 0.4) is 0 Å². The summed E-state index contributed by atoms with van der Waals surface area (Å²) in [6, 6.07) is 9.26. The van der Waals surface area contributed by atoms with Gasteiger partial charge in [0, 0.05) is 13.2 Å². The number of aryl methyl sites for hydroxylation is 1. The summed E-state index contributed by atoms with van der Waals surface area (Å²) < 4.78 is 25.4. The number of aromatic nitrogens is 2. The summed E-state index contributed by atoms with van der Waals surface area (Å²) in [6.45, 7) is 0.218. The lowest BCUT2D eigenvalue weighted by molar-refractivity contribution is 0.104. The highest BCUT2D eigenvalue weighted by Gasteiger charge is 2.05. The van der Waals surface area contributed by atoms with Crippen LogP contribution >= 0.6 is 0 Å². The third-order valence-electron chi connectivity index (χ3n) is 3.27. The van der Waals surface area contributed by atoms with E-state index in [9.17, 15) is 9.18 Å². The molecule has 0 aliphatic rings. The van der Waals surface area contributed by atoms with Crippen LogP contribution < -0.4 is 4.74 Å². The molecule has 0 saturated carbocycles. The number of hydrogen-bond acceptors (Lipinski definition) is 4. The molecule has 5 nitrogen and oxygen atoms in total. The van der Waals surface area contributed by atoms with Gasteiger partial charge >= 0.3 is 0 Å². The third kappa shape index (κ3) is 3.98. The smallest absolute Gasteiger partial charge is 0.189 e. The maximum absolute atomic E-state index is 12.8. The van der Waals surface area contributed by atoms with Crippen molar-refractivity contribution in [2.24, 2.45) is 7.05 Å². The van der Waals surface area contributed by atoms with Crippen LogP contribution in [-0.2, 0) is 13.7 Å². The molecule has 0 atom stereocenters. The lowest BCUT2D eigenvalue weighted by Crippen LogP contribution is -1.93. The second-order valence-electron chi connectivity index (χ2n) is 5.15. The number of halogens is 1. The Labute approximate surface area is 138 Å². The average Bonchev–Trinajstić information content (AvgIpc) is 3.21. The molecule has 0 aliphatic heterocycles. The molecule has 6 heteroatoms. The summed E-state index contributed by atoms with van der Waals surface area (Å²) in [5.41, 5.74) is 0.514. The predicted molar refractivity (Wildman–Crippen MR) is 86.0 cm³/mol. The number of furan rings is 1. The fraction of sp³-hybridized carbons (Fsp3) is 0.111. The van der Waals surface area contributed by atoms with Gasteiger partial charge in [0.05, 0.1) is 11.8 Å². The molecule has 0 saturated heterocycles. The highest BCUT2D eigenvalue weighted by Crippen LogP contribution is 2.16. The van der Waals surface area contributed by atoms with Crippen molar-refractivity contribution in [1.82, 2.24) is 9.78 Å². The zero-order chi connectivity index (χ0) is 16.9. The standard InChI is InChI=1S/C18H15FN2O3/c1-21-11-13(10-20-21)18(22)9-8-16-6-7-17(24-16)12-23-15-4-2-14(19)3-5-15/h2-11H,12H2,1H3/b9-8+. The van der Waals surface area contributed by atoms with E-state index in [1.54, 1.807) is 48.3 Å². The molecular formula is C18H15FN2O3. The molecule has 0 amide bonds. The molecule has 0 radical (unpaired) electrons. The van der Waals surface area contributed by atoms with E-state index in [0.29, 0.717) is 22.8 Å². The zero-order valence-corrected chi connectivity index (χ0v) is 13.0. The maximum Gasteiger partial charge on any atom is 0.189 e. The normalized spacial score (nSPS) is 11.1. The zero-order valence-electron chi connectivity index (χ0n) is 13.0. The Morgan fingerprint density at radius 2 is 2.08 bits per heavy atom. The van der Waals surface area contributed by atoms with Crippen molar-refractivity contribution in [2.75, 3.05) is 0 Å². The first-order valence-corrected chi connectivity index (χ1v) is 7.28. The summed E-state index contributed by atoms with van der Waals surface area (Å²) in [7, 11) is 1.75. The predicted octanol–water partition coefficient (Wildman–Crippen LogP) is 3.63. The molecule has 122 valence electrons. The number of ether oxygens (including phenoxy) is 1. The van der Waals surface area contributed by atoms with E-state index >= 15 is 0 Å². The minimum Gasteiger partial charge on any atom is -0.486 e.